The van der Waals surface area contributed by atoms with Crippen LogP contribution in [0.1, 0.15) is 40.5 Å². The standard InChI is InChI=1S/C12H23NO2/c1-6-7-8-9-13-12(4,5)11(2,3)10(14)15/h6,13H,1,7-9H2,2-5H3,(H,14,15). The van der Waals surface area contributed by atoms with Gasteiger partial charge in [0.15, 0.2) is 0 Å². The summed E-state index contributed by atoms with van der Waals surface area (Å²) in [6.45, 7) is 11.8. The summed E-state index contributed by atoms with van der Waals surface area (Å²) in [5.41, 5.74) is -1.19. The van der Waals surface area contributed by atoms with E-state index in [1.54, 1.807) is 13.8 Å². The number of carboxylic acid groups (broad SMARTS) is 1. The predicted octanol–water partition coefficient (Wildman–Crippen LogP) is 2.43. The van der Waals surface area contributed by atoms with Crippen molar-refractivity contribution < 1.29 is 9.90 Å². The number of nitrogens with one attached hydrogen (secondary N) is 1. The van der Waals surface area contributed by atoms with Crippen molar-refractivity contribution in [2.24, 2.45) is 5.41 Å². The Morgan fingerprint density at radius 2 is 1.93 bits per heavy atom. The van der Waals surface area contributed by atoms with Crippen LogP contribution in [0.3, 0.4) is 0 Å². The topological polar surface area (TPSA) is 49.3 Å². The van der Waals surface area contributed by atoms with E-state index in [0.29, 0.717) is 0 Å². The van der Waals surface area contributed by atoms with E-state index in [9.17, 15) is 4.79 Å². The molecule has 0 fully saturated rings. The molecular formula is C12H23NO2. The fraction of sp³-hybridized carbons (Fsp3) is 0.750. The molecule has 0 aliphatic heterocycles. The summed E-state index contributed by atoms with van der Waals surface area (Å²) in [5, 5.41) is 12.4. The van der Waals surface area contributed by atoms with E-state index >= 15 is 0 Å². The molecule has 0 bridgehead atoms. The molecule has 0 atom stereocenters. The van der Waals surface area contributed by atoms with Gasteiger partial charge in [-0.1, -0.05) is 6.08 Å². The molecule has 0 saturated heterocycles. The van der Waals surface area contributed by atoms with Gasteiger partial charge in [0.05, 0.1) is 5.41 Å². The van der Waals surface area contributed by atoms with Crippen LogP contribution in [-0.4, -0.2) is 23.2 Å². The quantitative estimate of drug-likeness (QED) is 0.504. The zero-order valence-corrected chi connectivity index (χ0v) is 10.3. The number of hydrogen-bond donors (Lipinski definition) is 2. The lowest BCUT2D eigenvalue weighted by Crippen LogP contribution is -2.55. The van der Waals surface area contributed by atoms with Gasteiger partial charge in [-0.15, -0.1) is 6.58 Å². The lowest BCUT2D eigenvalue weighted by molar-refractivity contribution is -0.151. The van der Waals surface area contributed by atoms with Crippen LogP contribution in [0.5, 0.6) is 0 Å². The maximum absolute atomic E-state index is 11.1. The Morgan fingerprint density at radius 1 is 1.40 bits per heavy atom. The third-order valence-corrected chi connectivity index (χ3v) is 3.25. The minimum Gasteiger partial charge on any atom is -0.481 e. The highest BCUT2D eigenvalue weighted by Crippen LogP contribution is 2.30. The smallest absolute Gasteiger partial charge is 0.310 e. The van der Waals surface area contributed by atoms with Crippen LogP contribution >= 0.6 is 0 Å². The monoisotopic (exact) mass is 213 g/mol. The van der Waals surface area contributed by atoms with Gasteiger partial charge in [0.25, 0.3) is 0 Å². The first-order valence-electron chi connectivity index (χ1n) is 5.35. The van der Waals surface area contributed by atoms with E-state index < -0.39 is 16.9 Å². The second-order valence-corrected chi connectivity index (χ2v) is 4.91. The van der Waals surface area contributed by atoms with Gasteiger partial charge in [-0.2, -0.15) is 0 Å². The molecule has 0 saturated carbocycles. The van der Waals surface area contributed by atoms with Gasteiger partial charge in [-0.25, -0.2) is 0 Å². The number of aliphatic carboxylic acids is 1. The van der Waals surface area contributed by atoms with E-state index in [4.69, 9.17) is 5.11 Å². The second kappa shape index (κ2) is 5.31. The fourth-order valence-electron chi connectivity index (χ4n) is 1.14. The maximum atomic E-state index is 11.1. The van der Waals surface area contributed by atoms with E-state index in [0.717, 1.165) is 19.4 Å². The molecule has 2 N–H and O–H groups in total. The van der Waals surface area contributed by atoms with Crippen molar-refractivity contribution in [3.63, 3.8) is 0 Å². The number of allylic oxidation sites excluding steroid dienone is 1. The molecule has 0 heterocycles. The SMILES string of the molecule is C=CCCCNC(C)(C)C(C)(C)C(=O)O. The van der Waals surface area contributed by atoms with Gasteiger partial charge >= 0.3 is 5.97 Å². The summed E-state index contributed by atoms with van der Waals surface area (Å²) in [5.74, 6) is -0.774. The van der Waals surface area contributed by atoms with Crippen LogP contribution in [0, 0.1) is 5.41 Å². The van der Waals surface area contributed by atoms with Crippen LogP contribution in [-0.2, 0) is 4.79 Å². The number of unbranched alkanes of at least 4 members (excludes halogenated alkanes) is 1. The lowest BCUT2D eigenvalue weighted by Gasteiger charge is -2.39. The Balaban J connectivity index is 4.28. The summed E-state index contributed by atoms with van der Waals surface area (Å²) in [7, 11) is 0. The molecule has 0 amide bonds. The summed E-state index contributed by atoms with van der Waals surface area (Å²) >= 11 is 0. The minimum atomic E-state index is -0.777. The molecule has 0 aromatic heterocycles. The molecule has 0 aromatic rings. The normalized spacial score (nSPS) is 12.5. The van der Waals surface area contributed by atoms with E-state index in [-0.39, 0.29) is 0 Å². The highest BCUT2D eigenvalue weighted by molar-refractivity contribution is 5.75. The predicted molar refractivity (Wildman–Crippen MR) is 62.9 cm³/mol. The van der Waals surface area contributed by atoms with Crippen molar-refractivity contribution in [3.05, 3.63) is 12.7 Å². The van der Waals surface area contributed by atoms with Gasteiger partial charge in [0, 0.05) is 5.54 Å². The third kappa shape index (κ3) is 3.67. The van der Waals surface area contributed by atoms with Crippen LogP contribution in [0.15, 0.2) is 12.7 Å². The van der Waals surface area contributed by atoms with Crippen molar-refractivity contribution in [2.45, 2.75) is 46.1 Å². The molecular weight excluding hydrogens is 190 g/mol. The van der Waals surface area contributed by atoms with Gasteiger partial charge < -0.3 is 10.4 Å². The molecule has 15 heavy (non-hydrogen) atoms. The molecule has 3 heteroatoms. The summed E-state index contributed by atoms with van der Waals surface area (Å²) < 4.78 is 0. The Kier molecular flexibility index (Phi) is 5.01. The van der Waals surface area contributed by atoms with Crippen LogP contribution in [0.4, 0.5) is 0 Å². The average Bonchev–Trinajstić information content (AvgIpc) is 2.12. The number of hydrogen-bond acceptors (Lipinski definition) is 2. The van der Waals surface area contributed by atoms with E-state index in [1.807, 2.05) is 19.9 Å². The van der Waals surface area contributed by atoms with Gasteiger partial charge in [0.1, 0.15) is 0 Å². The van der Waals surface area contributed by atoms with Crippen LogP contribution in [0.25, 0.3) is 0 Å². The van der Waals surface area contributed by atoms with Crippen molar-refractivity contribution in [1.82, 2.24) is 5.32 Å². The molecule has 0 unspecified atom stereocenters. The van der Waals surface area contributed by atoms with Gasteiger partial charge in [-0.3, -0.25) is 4.79 Å². The number of carboxylic acids is 1. The Morgan fingerprint density at radius 3 is 2.33 bits per heavy atom. The molecule has 0 spiro atoms. The Bertz CT molecular complexity index is 232. The summed E-state index contributed by atoms with van der Waals surface area (Å²) in [6, 6.07) is 0. The molecule has 0 rings (SSSR count). The minimum absolute atomic E-state index is 0.417. The number of rotatable bonds is 7. The Hall–Kier alpha value is -0.830. The number of carbonyl (C=O) groups is 1. The molecule has 0 aromatic carbocycles. The summed E-state index contributed by atoms with van der Waals surface area (Å²) in [6.07, 6.45) is 3.82. The summed E-state index contributed by atoms with van der Waals surface area (Å²) in [4.78, 5) is 11.1. The Labute approximate surface area is 92.6 Å². The van der Waals surface area contributed by atoms with Gasteiger partial charge in [-0.05, 0) is 47.1 Å². The van der Waals surface area contributed by atoms with Crippen molar-refractivity contribution in [1.29, 1.82) is 0 Å². The van der Waals surface area contributed by atoms with E-state index in [2.05, 4.69) is 11.9 Å². The molecule has 88 valence electrons. The fourth-order valence-corrected chi connectivity index (χ4v) is 1.14. The van der Waals surface area contributed by atoms with E-state index in [1.165, 1.54) is 0 Å². The van der Waals surface area contributed by atoms with Crippen LogP contribution in [0.2, 0.25) is 0 Å². The van der Waals surface area contributed by atoms with Crippen molar-refractivity contribution >= 4 is 5.97 Å². The van der Waals surface area contributed by atoms with Crippen molar-refractivity contribution in [2.75, 3.05) is 6.54 Å². The van der Waals surface area contributed by atoms with Crippen molar-refractivity contribution in [3.8, 4) is 0 Å². The van der Waals surface area contributed by atoms with Gasteiger partial charge in [0.2, 0.25) is 0 Å². The second-order valence-electron chi connectivity index (χ2n) is 4.91. The average molecular weight is 213 g/mol. The zero-order valence-electron chi connectivity index (χ0n) is 10.3. The highest BCUT2D eigenvalue weighted by atomic mass is 16.4. The first-order chi connectivity index (χ1) is 6.75. The zero-order chi connectivity index (χ0) is 12.1. The first kappa shape index (κ1) is 14.2. The molecule has 0 aliphatic carbocycles. The third-order valence-electron chi connectivity index (χ3n) is 3.25. The lowest BCUT2D eigenvalue weighted by atomic mass is 9.74. The maximum Gasteiger partial charge on any atom is 0.310 e. The largest absolute Gasteiger partial charge is 0.481 e. The molecule has 3 nitrogen and oxygen atoms in total. The first-order valence-corrected chi connectivity index (χ1v) is 5.35. The van der Waals surface area contributed by atoms with Crippen LogP contribution < -0.4 is 5.32 Å². The molecule has 0 radical (unpaired) electrons. The molecule has 0 aliphatic rings. The highest BCUT2D eigenvalue weighted by Gasteiger charge is 2.42.